The number of hydrogen-bond acceptors (Lipinski definition) is 4. The Hall–Kier alpha value is -1.82. The van der Waals surface area contributed by atoms with Crippen LogP contribution in [0.1, 0.15) is 27.2 Å². The van der Waals surface area contributed by atoms with Gasteiger partial charge in [-0.1, -0.05) is 46.7 Å². The van der Waals surface area contributed by atoms with Crippen molar-refractivity contribution in [2.75, 3.05) is 26.9 Å². The molecular weight excluding hydrogens is 360 g/mol. The van der Waals surface area contributed by atoms with E-state index in [4.69, 9.17) is 8.92 Å². The van der Waals surface area contributed by atoms with Crippen molar-refractivity contribution in [3.8, 4) is 0 Å². The van der Waals surface area contributed by atoms with Gasteiger partial charge in [-0.05, 0) is 45.0 Å². The molecule has 4 nitrogen and oxygen atoms in total. The Balaban J connectivity index is 2.21. The van der Waals surface area contributed by atoms with Crippen molar-refractivity contribution >= 4 is 16.3 Å². The van der Waals surface area contributed by atoms with Crippen LogP contribution >= 0.6 is 10.3 Å². The first-order valence-corrected chi connectivity index (χ1v) is 10.7. The first kappa shape index (κ1) is 21.5. The number of methoxy groups -OCH3 is 1. The van der Waals surface area contributed by atoms with Crippen LogP contribution in [0.4, 0.5) is 0 Å². The number of hydrogen-bond donors (Lipinski definition) is 0. The Morgan fingerprint density at radius 2 is 1.37 bits per heavy atom. The van der Waals surface area contributed by atoms with Crippen molar-refractivity contribution in [1.29, 1.82) is 0 Å². The fourth-order valence-electron chi connectivity index (χ4n) is 2.96. The van der Waals surface area contributed by atoms with Gasteiger partial charge in [0.1, 0.15) is 0 Å². The van der Waals surface area contributed by atoms with Gasteiger partial charge in [-0.15, -0.1) is 0 Å². The molecule has 0 fully saturated rings. The summed E-state index contributed by atoms with van der Waals surface area (Å²) in [6.45, 7) is 7.89. The standard InChI is InChI=1S/C22H30O4S/c1-22(2,3)27(19-11-7-5-8-12-19,20-13-9-6-10-14-20)26-18-17-25-16-15-21(23)24-4/h5-14H,15-18H2,1-4H3. The van der Waals surface area contributed by atoms with E-state index in [1.54, 1.807) is 0 Å². The zero-order valence-electron chi connectivity index (χ0n) is 16.6. The first-order chi connectivity index (χ1) is 12.9. The zero-order chi connectivity index (χ0) is 19.8. The second-order valence-electron chi connectivity index (χ2n) is 7.06. The van der Waals surface area contributed by atoms with Gasteiger partial charge in [0.25, 0.3) is 0 Å². The molecule has 2 rings (SSSR count). The summed E-state index contributed by atoms with van der Waals surface area (Å²) in [5.74, 6) is -0.265. The Kier molecular flexibility index (Phi) is 7.90. The summed E-state index contributed by atoms with van der Waals surface area (Å²) < 4.78 is 16.7. The van der Waals surface area contributed by atoms with E-state index in [2.05, 4.69) is 74.0 Å². The molecule has 0 aliphatic carbocycles. The van der Waals surface area contributed by atoms with Crippen LogP contribution in [0.15, 0.2) is 70.5 Å². The SMILES string of the molecule is COC(=O)CCOCCOS(c1ccccc1)(c1ccccc1)C(C)(C)C. The van der Waals surface area contributed by atoms with E-state index in [-0.39, 0.29) is 17.1 Å². The lowest BCUT2D eigenvalue weighted by Gasteiger charge is -2.50. The number of carbonyl (C=O) groups is 1. The molecule has 0 bridgehead atoms. The van der Waals surface area contributed by atoms with E-state index < -0.39 is 10.3 Å². The van der Waals surface area contributed by atoms with Crippen LogP contribution in [0.3, 0.4) is 0 Å². The average Bonchev–Trinajstić information content (AvgIpc) is 2.67. The Morgan fingerprint density at radius 3 is 1.81 bits per heavy atom. The summed E-state index contributed by atoms with van der Waals surface area (Å²) in [4.78, 5) is 13.6. The van der Waals surface area contributed by atoms with E-state index in [0.717, 1.165) is 0 Å². The molecule has 2 aromatic carbocycles. The van der Waals surface area contributed by atoms with Crippen LogP contribution in [-0.4, -0.2) is 37.6 Å². The highest BCUT2D eigenvalue weighted by molar-refractivity contribution is 8.31. The second kappa shape index (κ2) is 9.93. The van der Waals surface area contributed by atoms with Gasteiger partial charge in [-0.25, -0.2) is 0 Å². The summed E-state index contributed by atoms with van der Waals surface area (Å²) in [5, 5.41) is 0. The number of rotatable bonds is 9. The summed E-state index contributed by atoms with van der Waals surface area (Å²) in [5.41, 5.74) is 0. The molecule has 2 aromatic rings. The lowest BCUT2D eigenvalue weighted by atomic mass is 10.3. The quantitative estimate of drug-likeness (QED) is 0.435. The van der Waals surface area contributed by atoms with Crippen molar-refractivity contribution in [3.05, 3.63) is 60.7 Å². The zero-order valence-corrected chi connectivity index (χ0v) is 17.5. The fraction of sp³-hybridized carbons (Fsp3) is 0.409. The van der Waals surface area contributed by atoms with Crippen LogP contribution in [0.2, 0.25) is 0 Å². The number of carbonyl (C=O) groups excluding carboxylic acids is 1. The minimum Gasteiger partial charge on any atom is -0.469 e. The van der Waals surface area contributed by atoms with Crippen molar-refractivity contribution in [3.63, 3.8) is 0 Å². The maximum absolute atomic E-state index is 11.2. The van der Waals surface area contributed by atoms with Crippen molar-refractivity contribution in [2.24, 2.45) is 0 Å². The van der Waals surface area contributed by atoms with Gasteiger partial charge in [0.2, 0.25) is 0 Å². The first-order valence-electron chi connectivity index (χ1n) is 9.14. The molecule has 0 unspecified atom stereocenters. The lowest BCUT2D eigenvalue weighted by molar-refractivity contribution is -0.141. The number of esters is 1. The third-order valence-electron chi connectivity index (χ3n) is 4.18. The van der Waals surface area contributed by atoms with Crippen LogP contribution in [-0.2, 0) is 18.5 Å². The molecule has 0 saturated heterocycles. The lowest BCUT2D eigenvalue weighted by Crippen LogP contribution is -2.29. The van der Waals surface area contributed by atoms with E-state index in [1.807, 2.05) is 12.1 Å². The van der Waals surface area contributed by atoms with E-state index >= 15 is 0 Å². The smallest absolute Gasteiger partial charge is 0.307 e. The van der Waals surface area contributed by atoms with Gasteiger partial charge in [0.05, 0.1) is 33.4 Å². The fourth-order valence-corrected chi connectivity index (χ4v) is 6.67. The summed E-state index contributed by atoms with van der Waals surface area (Å²) in [6, 6.07) is 20.9. The average molecular weight is 391 g/mol. The maximum Gasteiger partial charge on any atom is 0.307 e. The minimum absolute atomic E-state index is 0.109. The molecule has 0 aromatic heterocycles. The second-order valence-corrected chi connectivity index (χ2v) is 10.6. The van der Waals surface area contributed by atoms with Gasteiger partial charge >= 0.3 is 5.97 Å². The van der Waals surface area contributed by atoms with E-state index in [1.165, 1.54) is 16.9 Å². The molecule has 27 heavy (non-hydrogen) atoms. The number of benzene rings is 2. The molecule has 0 heterocycles. The predicted molar refractivity (Wildman–Crippen MR) is 110 cm³/mol. The highest BCUT2D eigenvalue weighted by Gasteiger charge is 2.41. The van der Waals surface area contributed by atoms with Crippen molar-refractivity contribution in [2.45, 2.75) is 41.7 Å². The van der Waals surface area contributed by atoms with Gasteiger partial charge < -0.3 is 13.7 Å². The van der Waals surface area contributed by atoms with Crippen LogP contribution in [0.25, 0.3) is 0 Å². The van der Waals surface area contributed by atoms with Gasteiger partial charge in [-0.3, -0.25) is 4.79 Å². The molecule has 0 spiro atoms. The van der Waals surface area contributed by atoms with Crippen molar-refractivity contribution in [1.82, 2.24) is 0 Å². The van der Waals surface area contributed by atoms with E-state index in [0.29, 0.717) is 19.8 Å². The molecule has 0 aliphatic rings. The summed E-state index contributed by atoms with van der Waals surface area (Å²) >= 11 is 0. The molecule has 0 aliphatic heterocycles. The molecule has 0 amide bonds. The Morgan fingerprint density at radius 1 is 0.852 bits per heavy atom. The largest absolute Gasteiger partial charge is 0.469 e. The molecule has 5 heteroatoms. The highest BCUT2D eigenvalue weighted by Crippen LogP contribution is 2.71. The topological polar surface area (TPSA) is 44.8 Å². The number of ether oxygens (including phenoxy) is 2. The van der Waals surface area contributed by atoms with Crippen molar-refractivity contribution < 1.29 is 18.5 Å². The molecule has 0 radical (unpaired) electrons. The molecule has 148 valence electrons. The molecule has 0 saturated carbocycles. The van der Waals surface area contributed by atoms with E-state index in [9.17, 15) is 4.79 Å². The third kappa shape index (κ3) is 5.34. The Labute approximate surface area is 164 Å². The van der Waals surface area contributed by atoms with Gasteiger partial charge in [0.15, 0.2) is 0 Å². The molecule has 0 atom stereocenters. The monoisotopic (exact) mass is 390 g/mol. The van der Waals surface area contributed by atoms with Gasteiger partial charge in [-0.2, -0.15) is 0 Å². The predicted octanol–water partition coefficient (Wildman–Crippen LogP) is 5.22. The normalized spacial score (nSPS) is 12.6. The minimum atomic E-state index is -1.75. The maximum atomic E-state index is 11.2. The Bertz CT molecular complexity index is 656. The van der Waals surface area contributed by atoms with Crippen LogP contribution in [0, 0.1) is 0 Å². The summed E-state index contributed by atoms with van der Waals surface area (Å²) in [6.07, 6.45) is 0.255. The molecular formula is C22H30O4S. The highest BCUT2D eigenvalue weighted by atomic mass is 32.3. The summed E-state index contributed by atoms with van der Waals surface area (Å²) in [7, 11) is -0.369. The third-order valence-corrected chi connectivity index (χ3v) is 8.30. The molecule has 0 N–H and O–H groups in total. The van der Waals surface area contributed by atoms with Crippen LogP contribution in [0.5, 0.6) is 0 Å². The van der Waals surface area contributed by atoms with Gasteiger partial charge in [0, 0.05) is 14.5 Å². The van der Waals surface area contributed by atoms with Crippen LogP contribution < -0.4 is 0 Å².